The van der Waals surface area contributed by atoms with E-state index in [4.69, 9.17) is 0 Å². The van der Waals surface area contributed by atoms with Crippen LogP contribution in [-0.4, -0.2) is 8.42 Å². The molecule has 0 aromatic heterocycles. The number of rotatable bonds is 0. The lowest BCUT2D eigenvalue weighted by atomic mass is 9.87. The van der Waals surface area contributed by atoms with E-state index >= 15 is 0 Å². The first-order chi connectivity index (χ1) is 5.23. The molecule has 0 bridgehead atoms. The molecular formula is C9H14O2S. The van der Waals surface area contributed by atoms with Crippen LogP contribution in [0.15, 0.2) is 22.0 Å². The summed E-state index contributed by atoms with van der Waals surface area (Å²) >= 11 is 0. The van der Waals surface area contributed by atoms with Crippen molar-refractivity contribution in [3.63, 3.8) is 0 Å². The Morgan fingerprint density at radius 1 is 1.25 bits per heavy atom. The van der Waals surface area contributed by atoms with Gasteiger partial charge in [0.2, 0.25) is 0 Å². The molecule has 1 aliphatic heterocycles. The Kier molecular flexibility index (Phi) is 1.95. The van der Waals surface area contributed by atoms with Crippen LogP contribution in [0.4, 0.5) is 0 Å². The molecule has 0 aromatic rings. The Balaban J connectivity index is 3.20. The number of sulfone groups is 1. The van der Waals surface area contributed by atoms with Crippen LogP contribution in [-0.2, 0) is 9.84 Å². The van der Waals surface area contributed by atoms with Crippen LogP contribution in [0.25, 0.3) is 0 Å². The van der Waals surface area contributed by atoms with Gasteiger partial charge in [0.25, 0.3) is 0 Å². The van der Waals surface area contributed by atoms with Gasteiger partial charge in [0, 0.05) is 10.3 Å². The van der Waals surface area contributed by atoms with Crippen molar-refractivity contribution in [2.75, 3.05) is 0 Å². The van der Waals surface area contributed by atoms with Gasteiger partial charge in [-0.2, -0.15) is 0 Å². The normalized spacial score (nSPS) is 22.0. The fourth-order valence-electron chi connectivity index (χ4n) is 0.989. The minimum absolute atomic E-state index is 0.0785. The first-order valence-electron chi connectivity index (χ1n) is 3.89. The van der Waals surface area contributed by atoms with Gasteiger partial charge in [0.05, 0.1) is 0 Å². The zero-order valence-corrected chi connectivity index (χ0v) is 8.70. The highest BCUT2D eigenvalue weighted by atomic mass is 32.2. The van der Waals surface area contributed by atoms with Crippen LogP contribution >= 0.6 is 0 Å². The lowest BCUT2D eigenvalue weighted by Gasteiger charge is -2.17. The number of hydrogen-bond acceptors (Lipinski definition) is 2. The fourth-order valence-corrected chi connectivity index (χ4v) is 2.22. The largest absolute Gasteiger partial charge is 0.219 e. The van der Waals surface area contributed by atoms with Crippen molar-refractivity contribution in [3.05, 3.63) is 22.0 Å². The Morgan fingerprint density at radius 2 is 1.75 bits per heavy atom. The average Bonchev–Trinajstić information content (AvgIpc) is 2.06. The van der Waals surface area contributed by atoms with Gasteiger partial charge in [-0.1, -0.05) is 20.8 Å². The molecule has 3 heteroatoms. The third-order valence-electron chi connectivity index (χ3n) is 1.96. The van der Waals surface area contributed by atoms with E-state index in [0.29, 0.717) is 4.91 Å². The molecule has 1 heterocycles. The summed E-state index contributed by atoms with van der Waals surface area (Å²) in [6.07, 6.45) is 1.75. The lowest BCUT2D eigenvalue weighted by Crippen LogP contribution is -2.06. The third kappa shape index (κ3) is 1.61. The molecule has 1 aliphatic rings. The first-order valence-corrected chi connectivity index (χ1v) is 5.44. The molecule has 0 spiro atoms. The second kappa shape index (κ2) is 2.46. The maximum absolute atomic E-state index is 11.3. The standard InChI is InChI=1S/C9H14O2S/c1-7-5-8(9(2,3)4)6-12(7,10)11/h5-6H,1-4H3. The summed E-state index contributed by atoms with van der Waals surface area (Å²) < 4.78 is 22.5. The molecule has 0 radical (unpaired) electrons. The Morgan fingerprint density at radius 3 is 1.92 bits per heavy atom. The smallest absolute Gasteiger partial charge is 0.196 e. The first kappa shape index (κ1) is 9.52. The second-order valence-electron chi connectivity index (χ2n) is 4.12. The van der Waals surface area contributed by atoms with Crippen molar-refractivity contribution in [2.24, 2.45) is 5.41 Å². The third-order valence-corrected chi connectivity index (χ3v) is 3.54. The highest BCUT2D eigenvalue weighted by molar-refractivity contribution is 7.98. The average molecular weight is 186 g/mol. The molecule has 0 aliphatic carbocycles. The monoisotopic (exact) mass is 186 g/mol. The SMILES string of the molecule is CC1=CC(C(C)(C)C)=CS1(=O)=O. The van der Waals surface area contributed by atoms with E-state index in [1.165, 1.54) is 5.41 Å². The van der Waals surface area contributed by atoms with E-state index in [9.17, 15) is 8.42 Å². The van der Waals surface area contributed by atoms with Gasteiger partial charge in [-0.3, -0.25) is 0 Å². The Hall–Kier alpha value is -0.570. The summed E-state index contributed by atoms with van der Waals surface area (Å²) in [5.41, 5.74) is 0.810. The molecule has 0 atom stereocenters. The molecule has 0 fully saturated rings. The van der Waals surface area contributed by atoms with Crippen molar-refractivity contribution < 1.29 is 8.42 Å². The molecule has 0 saturated heterocycles. The van der Waals surface area contributed by atoms with Crippen LogP contribution in [0.1, 0.15) is 27.7 Å². The van der Waals surface area contributed by atoms with Crippen LogP contribution in [0.3, 0.4) is 0 Å². The Bertz CT molecular complexity index is 350. The van der Waals surface area contributed by atoms with Gasteiger partial charge in [0.1, 0.15) is 0 Å². The molecule has 0 aromatic carbocycles. The van der Waals surface area contributed by atoms with Gasteiger partial charge < -0.3 is 0 Å². The summed E-state index contributed by atoms with van der Waals surface area (Å²) in [6.45, 7) is 7.64. The summed E-state index contributed by atoms with van der Waals surface area (Å²) in [5, 5.41) is 1.36. The van der Waals surface area contributed by atoms with Gasteiger partial charge in [-0.05, 0) is 24.0 Å². The van der Waals surface area contributed by atoms with Crippen molar-refractivity contribution in [2.45, 2.75) is 27.7 Å². The van der Waals surface area contributed by atoms with Gasteiger partial charge in [-0.15, -0.1) is 0 Å². The minimum Gasteiger partial charge on any atom is -0.219 e. The van der Waals surface area contributed by atoms with E-state index in [-0.39, 0.29) is 5.41 Å². The quantitative estimate of drug-likeness (QED) is 0.581. The van der Waals surface area contributed by atoms with E-state index in [1.807, 2.05) is 20.8 Å². The summed E-state index contributed by atoms with van der Waals surface area (Å²) in [4.78, 5) is 0.451. The van der Waals surface area contributed by atoms with Gasteiger partial charge >= 0.3 is 0 Å². The molecule has 0 saturated carbocycles. The second-order valence-corrected chi connectivity index (χ2v) is 6.09. The van der Waals surface area contributed by atoms with Crippen molar-refractivity contribution in [3.8, 4) is 0 Å². The molecular weight excluding hydrogens is 172 g/mol. The molecule has 2 nitrogen and oxygen atoms in total. The molecule has 0 amide bonds. The van der Waals surface area contributed by atoms with Crippen molar-refractivity contribution in [1.82, 2.24) is 0 Å². The topological polar surface area (TPSA) is 34.1 Å². The maximum atomic E-state index is 11.3. The maximum Gasteiger partial charge on any atom is 0.196 e. The molecule has 1 rings (SSSR count). The van der Waals surface area contributed by atoms with Crippen LogP contribution < -0.4 is 0 Å². The van der Waals surface area contributed by atoms with E-state index in [1.54, 1.807) is 13.0 Å². The lowest BCUT2D eigenvalue weighted by molar-refractivity contribution is 0.518. The molecule has 68 valence electrons. The molecule has 0 N–H and O–H groups in total. The predicted octanol–water partition coefficient (Wildman–Crippen LogP) is 2.25. The van der Waals surface area contributed by atoms with Crippen LogP contribution in [0, 0.1) is 5.41 Å². The highest BCUT2D eigenvalue weighted by Gasteiger charge is 2.25. The Labute approximate surface area is 73.9 Å². The summed E-state index contributed by atoms with van der Waals surface area (Å²) in [6, 6.07) is 0. The van der Waals surface area contributed by atoms with Gasteiger partial charge in [0.15, 0.2) is 9.84 Å². The summed E-state index contributed by atoms with van der Waals surface area (Å²) in [7, 11) is -3.06. The number of allylic oxidation sites excluding steroid dienone is 3. The van der Waals surface area contributed by atoms with E-state index in [0.717, 1.165) is 5.57 Å². The fraction of sp³-hybridized carbons (Fsp3) is 0.556. The molecule has 12 heavy (non-hydrogen) atoms. The molecule has 0 unspecified atom stereocenters. The van der Waals surface area contributed by atoms with Gasteiger partial charge in [-0.25, -0.2) is 8.42 Å². The summed E-state index contributed by atoms with van der Waals surface area (Å²) in [5.74, 6) is 0. The van der Waals surface area contributed by atoms with Crippen molar-refractivity contribution >= 4 is 9.84 Å². The zero-order valence-electron chi connectivity index (χ0n) is 7.88. The minimum atomic E-state index is -3.06. The predicted molar refractivity (Wildman–Crippen MR) is 50.2 cm³/mol. The van der Waals surface area contributed by atoms with Crippen LogP contribution in [0.5, 0.6) is 0 Å². The van der Waals surface area contributed by atoms with Crippen LogP contribution in [0.2, 0.25) is 0 Å². The van der Waals surface area contributed by atoms with Crippen molar-refractivity contribution in [1.29, 1.82) is 0 Å². The highest BCUT2D eigenvalue weighted by Crippen LogP contribution is 2.33. The number of hydrogen-bond donors (Lipinski definition) is 0. The van der Waals surface area contributed by atoms with E-state index < -0.39 is 9.84 Å². The van der Waals surface area contributed by atoms with E-state index in [2.05, 4.69) is 0 Å². The zero-order chi connectivity index (χ0) is 9.57.